The van der Waals surface area contributed by atoms with Crippen LogP contribution in [0.25, 0.3) is 0 Å². The van der Waals surface area contributed by atoms with Crippen LogP contribution in [0.15, 0.2) is 24.3 Å². The highest BCUT2D eigenvalue weighted by molar-refractivity contribution is 5.89. The van der Waals surface area contributed by atoms with E-state index in [2.05, 4.69) is 7.05 Å². The molecule has 1 fully saturated rings. The van der Waals surface area contributed by atoms with Crippen molar-refractivity contribution in [3.05, 3.63) is 35.4 Å². The first kappa shape index (κ1) is 21.4. The third-order valence-electron chi connectivity index (χ3n) is 4.71. The molecule has 1 aromatic carbocycles. The van der Waals surface area contributed by atoms with Crippen molar-refractivity contribution in [2.45, 2.75) is 78.2 Å². The SMILES string of the molecule is CC(C)(C)OC(=O)c1ccc(C[N@+]2(C)CCC[C@H]2C(=O)OC(C)(C)C)cc1. The summed E-state index contributed by atoms with van der Waals surface area (Å²) in [5.74, 6) is -0.435. The number of hydrogen-bond acceptors (Lipinski definition) is 4. The molecular weight excluding hydrogens is 342 g/mol. The maximum atomic E-state index is 12.6. The minimum absolute atomic E-state index is 0.118. The second-order valence-corrected chi connectivity index (χ2v) is 9.75. The summed E-state index contributed by atoms with van der Waals surface area (Å²) in [6, 6.07) is 7.36. The van der Waals surface area contributed by atoms with Crippen molar-refractivity contribution < 1.29 is 23.5 Å². The first-order valence-electron chi connectivity index (χ1n) is 9.68. The smallest absolute Gasteiger partial charge is 0.365 e. The van der Waals surface area contributed by atoms with Crippen LogP contribution >= 0.6 is 0 Å². The minimum atomic E-state index is -0.509. The van der Waals surface area contributed by atoms with Gasteiger partial charge in [-0.05, 0) is 53.7 Å². The molecule has 1 saturated heterocycles. The molecule has 1 aliphatic heterocycles. The minimum Gasteiger partial charge on any atom is -0.456 e. The number of benzene rings is 1. The number of carbonyl (C=O) groups is 2. The summed E-state index contributed by atoms with van der Waals surface area (Å²) in [6.07, 6.45) is 1.86. The Morgan fingerprint density at radius 1 is 1.00 bits per heavy atom. The molecular formula is C22H34NO4+. The molecule has 1 aromatic rings. The number of rotatable bonds is 4. The fraction of sp³-hybridized carbons (Fsp3) is 0.636. The predicted molar refractivity (Wildman–Crippen MR) is 105 cm³/mol. The largest absolute Gasteiger partial charge is 0.456 e. The van der Waals surface area contributed by atoms with Crippen LogP contribution in [0, 0.1) is 0 Å². The molecule has 150 valence electrons. The summed E-state index contributed by atoms with van der Waals surface area (Å²) < 4.78 is 11.7. The Bertz CT molecular complexity index is 682. The van der Waals surface area contributed by atoms with E-state index in [0.717, 1.165) is 31.5 Å². The highest BCUT2D eigenvalue weighted by Crippen LogP contribution is 2.30. The molecule has 0 aromatic heterocycles. The zero-order chi connectivity index (χ0) is 20.5. The summed E-state index contributed by atoms with van der Waals surface area (Å²) in [4.78, 5) is 24.8. The summed E-state index contributed by atoms with van der Waals surface area (Å²) in [5, 5.41) is 0. The standard InChI is InChI=1S/C22H34NO4/c1-21(2,3)26-19(24)17-12-10-16(11-13-17)15-23(7)14-8-9-18(23)20(25)27-22(4,5)6/h10-13,18H,8-9,14-15H2,1-7H3/q+1/t18-,23-/m0/s1. The Morgan fingerprint density at radius 3 is 2.07 bits per heavy atom. The van der Waals surface area contributed by atoms with Crippen molar-refractivity contribution in [1.29, 1.82) is 0 Å². The predicted octanol–water partition coefficient (Wildman–Crippen LogP) is 4.09. The quantitative estimate of drug-likeness (QED) is 0.587. The van der Waals surface area contributed by atoms with Gasteiger partial charge < -0.3 is 14.0 Å². The van der Waals surface area contributed by atoms with Crippen molar-refractivity contribution in [1.82, 2.24) is 0 Å². The number of ether oxygens (including phenoxy) is 2. The Balaban J connectivity index is 2.08. The Morgan fingerprint density at radius 2 is 1.56 bits per heavy atom. The summed E-state index contributed by atoms with van der Waals surface area (Å²) >= 11 is 0. The van der Waals surface area contributed by atoms with E-state index in [-0.39, 0.29) is 18.0 Å². The van der Waals surface area contributed by atoms with E-state index in [9.17, 15) is 9.59 Å². The van der Waals surface area contributed by atoms with Gasteiger partial charge in [-0.1, -0.05) is 12.1 Å². The van der Waals surface area contributed by atoms with Gasteiger partial charge in [-0.15, -0.1) is 0 Å². The summed E-state index contributed by atoms with van der Waals surface area (Å²) in [7, 11) is 2.11. The van der Waals surface area contributed by atoms with Gasteiger partial charge >= 0.3 is 11.9 Å². The molecule has 0 radical (unpaired) electrons. The lowest BCUT2D eigenvalue weighted by atomic mass is 10.1. The lowest BCUT2D eigenvalue weighted by molar-refractivity contribution is -0.926. The summed E-state index contributed by atoms with van der Waals surface area (Å²) in [5.41, 5.74) is 0.659. The zero-order valence-electron chi connectivity index (χ0n) is 17.8. The number of nitrogens with zero attached hydrogens (tertiary/aromatic N) is 1. The first-order chi connectivity index (χ1) is 12.3. The van der Waals surface area contributed by atoms with E-state index in [4.69, 9.17) is 9.47 Å². The van der Waals surface area contributed by atoms with E-state index < -0.39 is 11.2 Å². The number of likely N-dealkylation sites (N-methyl/N-ethyl adjacent to an activating group) is 1. The normalized spacial score (nSPS) is 23.1. The van der Waals surface area contributed by atoms with Crippen LogP contribution in [-0.2, 0) is 20.8 Å². The second kappa shape index (κ2) is 7.63. The topological polar surface area (TPSA) is 52.6 Å². The first-order valence-corrected chi connectivity index (χ1v) is 9.68. The molecule has 0 aliphatic carbocycles. The molecule has 0 N–H and O–H groups in total. The highest BCUT2D eigenvalue weighted by Gasteiger charge is 2.45. The molecule has 0 amide bonds. The lowest BCUT2D eigenvalue weighted by Gasteiger charge is -2.36. The van der Waals surface area contributed by atoms with Crippen molar-refractivity contribution >= 4 is 11.9 Å². The molecule has 27 heavy (non-hydrogen) atoms. The van der Waals surface area contributed by atoms with Crippen LogP contribution in [0.2, 0.25) is 0 Å². The summed E-state index contributed by atoms with van der Waals surface area (Å²) in [6.45, 7) is 13.0. The second-order valence-electron chi connectivity index (χ2n) is 9.75. The number of carbonyl (C=O) groups excluding carboxylic acids is 2. The Hall–Kier alpha value is -1.88. The average molecular weight is 377 g/mol. The van der Waals surface area contributed by atoms with Crippen LogP contribution in [0.5, 0.6) is 0 Å². The molecule has 0 saturated carbocycles. The maximum Gasteiger partial charge on any atom is 0.365 e. The van der Waals surface area contributed by atoms with Gasteiger partial charge in [-0.25, -0.2) is 9.59 Å². The highest BCUT2D eigenvalue weighted by atomic mass is 16.6. The maximum absolute atomic E-state index is 12.6. The van der Waals surface area contributed by atoms with Crippen molar-refractivity contribution in [2.75, 3.05) is 13.6 Å². The molecule has 5 nitrogen and oxygen atoms in total. The van der Waals surface area contributed by atoms with E-state index >= 15 is 0 Å². The van der Waals surface area contributed by atoms with E-state index in [1.807, 2.05) is 53.7 Å². The third kappa shape index (κ3) is 6.06. The lowest BCUT2D eigenvalue weighted by Crippen LogP contribution is -2.52. The molecule has 0 bridgehead atoms. The number of likely N-dealkylation sites (tertiary alicyclic amines) is 1. The van der Waals surface area contributed by atoms with Crippen molar-refractivity contribution in [3.63, 3.8) is 0 Å². The number of hydrogen-bond donors (Lipinski definition) is 0. The van der Waals surface area contributed by atoms with Crippen LogP contribution in [0.3, 0.4) is 0 Å². The van der Waals surface area contributed by atoms with Crippen LogP contribution in [0.4, 0.5) is 0 Å². The fourth-order valence-electron chi connectivity index (χ4n) is 3.55. The van der Waals surface area contributed by atoms with Crippen LogP contribution in [0.1, 0.15) is 70.3 Å². The Kier molecular flexibility index (Phi) is 6.05. The van der Waals surface area contributed by atoms with E-state index in [1.165, 1.54) is 0 Å². The van der Waals surface area contributed by atoms with Crippen molar-refractivity contribution in [3.8, 4) is 0 Å². The van der Waals surface area contributed by atoms with Crippen LogP contribution in [-0.4, -0.2) is 47.3 Å². The van der Waals surface area contributed by atoms with Gasteiger partial charge in [-0.2, -0.15) is 0 Å². The number of quaternary nitrogens is 1. The van der Waals surface area contributed by atoms with Gasteiger partial charge in [-0.3, -0.25) is 0 Å². The van der Waals surface area contributed by atoms with E-state index in [0.29, 0.717) is 10.0 Å². The Labute approximate surface area is 163 Å². The van der Waals surface area contributed by atoms with Gasteiger partial charge in [0, 0.05) is 18.4 Å². The fourth-order valence-corrected chi connectivity index (χ4v) is 3.55. The van der Waals surface area contributed by atoms with Gasteiger partial charge in [0.2, 0.25) is 0 Å². The number of esters is 2. The zero-order valence-corrected chi connectivity index (χ0v) is 17.8. The molecule has 5 heteroatoms. The molecule has 0 unspecified atom stereocenters. The molecule has 2 atom stereocenters. The van der Waals surface area contributed by atoms with Gasteiger partial charge in [0.15, 0.2) is 6.04 Å². The molecule has 1 heterocycles. The third-order valence-corrected chi connectivity index (χ3v) is 4.71. The van der Waals surface area contributed by atoms with E-state index in [1.54, 1.807) is 12.1 Å². The van der Waals surface area contributed by atoms with Gasteiger partial charge in [0.05, 0.1) is 19.2 Å². The van der Waals surface area contributed by atoms with Crippen molar-refractivity contribution in [2.24, 2.45) is 0 Å². The average Bonchev–Trinajstić information content (AvgIpc) is 2.86. The monoisotopic (exact) mass is 376 g/mol. The van der Waals surface area contributed by atoms with Gasteiger partial charge in [0.25, 0.3) is 0 Å². The van der Waals surface area contributed by atoms with Crippen LogP contribution < -0.4 is 0 Å². The molecule has 1 aliphatic rings. The van der Waals surface area contributed by atoms with Gasteiger partial charge in [0.1, 0.15) is 17.7 Å². The molecule has 0 spiro atoms. The molecule has 2 rings (SSSR count).